The summed E-state index contributed by atoms with van der Waals surface area (Å²) < 4.78 is 0. The SMILES string of the molecule is CCC[Si](CCC)(CCC)CCCCCCCCCCN. The second-order valence-corrected chi connectivity index (χ2v) is 12.1. The van der Waals surface area contributed by atoms with E-state index in [9.17, 15) is 0 Å². The molecule has 0 atom stereocenters. The molecule has 0 rings (SSSR count). The highest BCUT2D eigenvalue weighted by Crippen LogP contribution is 2.32. The van der Waals surface area contributed by atoms with Crippen LogP contribution in [0.25, 0.3) is 0 Å². The first-order valence-corrected chi connectivity index (χ1v) is 12.8. The van der Waals surface area contributed by atoms with Crippen LogP contribution in [0.15, 0.2) is 0 Å². The Hall–Kier alpha value is 0.177. The summed E-state index contributed by atoms with van der Waals surface area (Å²) in [5, 5.41) is 0. The van der Waals surface area contributed by atoms with Crippen LogP contribution in [0.3, 0.4) is 0 Å². The van der Waals surface area contributed by atoms with Gasteiger partial charge in [0, 0.05) is 0 Å². The maximum Gasteiger partial charge on any atom is 0.0535 e. The Morgan fingerprint density at radius 2 is 0.905 bits per heavy atom. The van der Waals surface area contributed by atoms with Crippen LogP contribution in [-0.4, -0.2) is 14.6 Å². The number of hydrogen-bond acceptors (Lipinski definition) is 1. The predicted molar refractivity (Wildman–Crippen MR) is 102 cm³/mol. The summed E-state index contributed by atoms with van der Waals surface area (Å²) in [5.41, 5.74) is 5.53. The molecular formula is C19H43NSi. The number of unbranched alkanes of at least 4 members (excludes halogenated alkanes) is 7. The van der Waals surface area contributed by atoms with E-state index in [1.807, 2.05) is 0 Å². The molecule has 0 unspecified atom stereocenters. The number of hydrogen-bond donors (Lipinski definition) is 1. The summed E-state index contributed by atoms with van der Waals surface area (Å²) in [6, 6.07) is 6.39. The quantitative estimate of drug-likeness (QED) is 0.248. The van der Waals surface area contributed by atoms with Crippen molar-refractivity contribution in [3.05, 3.63) is 0 Å². The van der Waals surface area contributed by atoms with Crippen LogP contribution >= 0.6 is 0 Å². The standard InChI is InChI=1S/C19H43NSi/c1-4-16-21(17-5-2,18-6-3)19-14-12-10-8-7-9-11-13-15-20/h4-20H2,1-3H3. The first-order valence-electron chi connectivity index (χ1n) is 9.94. The Kier molecular flexibility index (Phi) is 15.2. The molecule has 0 heterocycles. The molecule has 21 heavy (non-hydrogen) atoms. The lowest BCUT2D eigenvalue weighted by Gasteiger charge is -2.31. The van der Waals surface area contributed by atoms with Crippen LogP contribution in [0, 0.1) is 0 Å². The monoisotopic (exact) mass is 313 g/mol. The molecule has 0 aliphatic carbocycles. The van der Waals surface area contributed by atoms with Gasteiger partial charge in [-0.2, -0.15) is 0 Å². The Morgan fingerprint density at radius 1 is 0.524 bits per heavy atom. The summed E-state index contributed by atoms with van der Waals surface area (Å²) in [6.07, 6.45) is 15.6. The summed E-state index contributed by atoms with van der Waals surface area (Å²) in [6.45, 7) is 8.07. The molecule has 0 radical (unpaired) electrons. The van der Waals surface area contributed by atoms with Crippen molar-refractivity contribution in [2.24, 2.45) is 5.73 Å². The van der Waals surface area contributed by atoms with Crippen LogP contribution in [0.2, 0.25) is 24.2 Å². The second-order valence-electron chi connectivity index (χ2n) is 7.12. The van der Waals surface area contributed by atoms with Gasteiger partial charge in [0.1, 0.15) is 0 Å². The Morgan fingerprint density at radius 3 is 1.29 bits per heavy atom. The third-order valence-electron chi connectivity index (χ3n) is 5.00. The van der Waals surface area contributed by atoms with Crippen molar-refractivity contribution in [1.29, 1.82) is 0 Å². The van der Waals surface area contributed by atoms with Gasteiger partial charge in [0.2, 0.25) is 0 Å². The smallest absolute Gasteiger partial charge is 0.0535 e. The number of rotatable bonds is 16. The summed E-state index contributed by atoms with van der Waals surface area (Å²) in [4.78, 5) is 0. The molecule has 0 aromatic rings. The van der Waals surface area contributed by atoms with Crippen molar-refractivity contribution in [1.82, 2.24) is 0 Å². The van der Waals surface area contributed by atoms with Crippen LogP contribution in [-0.2, 0) is 0 Å². The highest BCUT2D eigenvalue weighted by atomic mass is 28.3. The van der Waals surface area contributed by atoms with Crippen LogP contribution in [0.4, 0.5) is 0 Å². The highest BCUT2D eigenvalue weighted by molar-refractivity contribution is 6.79. The van der Waals surface area contributed by atoms with Crippen LogP contribution in [0.5, 0.6) is 0 Å². The van der Waals surface area contributed by atoms with Gasteiger partial charge in [0.15, 0.2) is 0 Å². The molecule has 128 valence electrons. The summed E-state index contributed by atoms with van der Waals surface area (Å²) in [5.74, 6) is 0. The molecule has 0 aliphatic heterocycles. The molecule has 0 fully saturated rings. The van der Waals surface area contributed by atoms with Gasteiger partial charge in [0.05, 0.1) is 8.07 Å². The summed E-state index contributed by atoms with van der Waals surface area (Å²) in [7, 11) is -0.896. The lowest BCUT2D eigenvalue weighted by Crippen LogP contribution is -2.33. The van der Waals surface area contributed by atoms with E-state index < -0.39 is 8.07 Å². The lowest BCUT2D eigenvalue weighted by atomic mass is 10.1. The molecule has 0 saturated heterocycles. The third kappa shape index (κ3) is 11.4. The molecular weight excluding hydrogens is 270 g/mol. The maximum absolute atomic E-state index is 5.53. The molecule has 0 bridgehead atoms. The predicted octanol–water partition coefficient (Wildman–Crippen LogP) is 6.74. The van der Waals surface area contributed by atoms with Gasteiger partial charge in [-0.1, -0.05) is 109 Å². The zero-order valence-electron chi connectivity index (χ0n) is 15.4. The fourth-order valence-electron chi connectivity index (χ4n) is 4.05. The summed E-state index contributed by atoms with van der Waals surface area (Å²) >= 11 is 0. The van der Waals surface area contributed by atoms with E-state index in [1.165, 1.54) is 70.6 Å². The van der Waals surface area contributed by atoms with Gasteiger partial charge < -0.3 is 5.73 Å². The first kappa shape index (κ1) is 21.2. The minimum absolute atomic E-state index is 0.874. The zero-order chi connectivity index (χ0) is 15.8. The normalized spacial score (nSPS) is 12.0. The average Bonchev–Trinajstić information content (AvgIpc) is 2.46. The molecule has 0 aromatic carbocycles. The van der Waals surface area contributed by atoms with Crippen molar-refractivity contribution in [2.45, 2.75) is 116 Å². The molecule has 2 N–H and O–H groups in total. The van der Waals surface area contributed by atoms with E-state index in [0.29, 0.717) is 0 Å². The largest absolute Gasteiger partial charge is 0.330 e. The Balaban J connectivity index is 3.76. The minimum atomic E-state index is -0.896. The van der Waals surface area contributed by atoms with E-state index >= 15 is 0 Å². The fourth-order valence-corrected chi connectivity index (χ4v) is 9.73. The van der Waals surface area contributed by atoms with Crippen molar-refractivity contribution in [2.75, 3.05) is 6.54 Å². The van der Waals surface area contributed by atoms with E-state index in [0.717, 1.165) is 6.54 Å². The van der Waals surface area contributed by atoms with Gasteiger partial charge >= 0.3 is 0 Å². The molecule has 0 aliphatic rings. The molecule has 0 saturated carbocycles. The van der Waals surface area contributed by atoms with E-state index in [1.54, 1.807) is 24.2 Å². The Labute approximate surface area is 136 Å². The number of nitrogens with two attached hydrogens (primary N) is 1. The maximum atomic E-state index is 5.53. The van der Waals surface area contributed by atoms with Gasteiger partial charge in [-0.15, -0.1) is 0 Å². The van der Waals surface area contributed by atoms with Crippen molar-refractivity contribution in [3.8, 4) is 0 Å². The first-order chi connectivity index (χ1) is 10.2. The van der Waals surface area contributed by atoms with Crippen LogP contribution in [0.1, 0.15) is 91.4 Å². The molecule has 2 heteroatoms. The van der Waals surface area contributed by atoms with Gasteiger partial charge in [-0.25, -0.2) is 0 Å². The fraction of sp³-hybridized carbons (Fsp3) is 1.00. The molecule has 0 amide bonds. The highest BCUT2D eigenvalue weighted by Gasteiger charge is 2.28. The zero-order valence-corrected chi connectivity index (χ0v) is 16.4. The second kappa shape index (κ2) is 15.1. The third-order valence-corrected chi connectivity index (χ3v) is 11.1. The average molecular weight is 314 g/mol. The van der Waals surface area contributed by atoms with E-state index in [4.69, 9.17) is 5.73 Å². The van der Waals surface area contributed by atoms with Gasteiger partial charge in [0.25, 0.3) is 0 Å². The van der Waals surface area contributed by atoms with Crippen molar-refractivity contribution in [3.63, 3.8) is 0 Å². The Bertz CT molecular complexity index is 189. The van der Waals surface area contributed by atoms with Gasteiger partial charge in [-0.3, -0.25) is 0 Å². The molecule has 0 aromatic heterocycles. The van der Waals surface area contributed by atoms with Crippen LogP contribution < -0.4 is 5.73 Å². The van der Waals surface area contributed by atoms with E-state index in [-0.39, 0.29) is 0 Å². The lowest BCUT2D eigenvalue weighted by molar-refractivity contribution is 0.576. The van der Waals surface area contributed by atoms with Crippen molar-refractivity contribution >= 4 is 8.07 Å². The van der Waals surface area contributed by atoms with Crippen molar-refractivity contribution < 1.29 is 0 Å². The van der Waals surface area contributed by atoms with E-state index in [2.05, 4.69) is 20.8 Å². The topological polar surface area (TPSA) is 26.0 Å². The minimum Gasteiger partial charge on any atom is -0.330 e. The molecule has 0 spiro atoms. The van der Waals surface area contributed by atoms with Gasteiger partial charge in [-0.05, 0) is 13.0 Å². The molecule has 1 nitrogen and oxygen atoms in total.